The number of fused-ring (bicyclic) bond motifs is 1. The first-order valence-corrected chi connectivity index (χ1v) is 12.3. The van der Waals surface area contributed by atoms with Gasteiger partial charge in [0.1, 0.15) is 19.5 Å². The lowest BCUT2D eigenvalue weighted by atomic mass is 10.1. The van der Waals surface area contributed by atoms with Gasteiger partial charge in [0.2, 0.25) is 0 Å². The second kappa shape index (κ2) is 6.26. The largest absolute Gasteiger partial charge is 0.466 e. The second-order valence-electron chi connectivity index (χ2n) is 9.01. The summed E-state index contributed by atoms with van der Waals surface area (Å²) in [7, 11) is -0.821. The number of rotatable bonds is 4. The van der Waals surface area contributed by atoms with Crippen LogP contribution in [0.3, 0.4) is 0 Å². The monoisotopic (exact) mass is 408 g/mol. The van der Waals surface area contributed by atoms with E-state index in [0.29, 0.717) is 12.0 Å². The Balaban J connectivity index is 2.07. The fourth-order valence-corrected chi connectivity index (χ4v) is 9.49. The Morgan fingerprint density at radius 2 is 2.04 bits per heavy atom. The third kappa shape index (κ3) is 2.84. The number of nitrogens with one attached hydrogen (secondary N) is 1. The van der Waals surface area contributed by atoms with Gasteiger partial charge < -0.3 is 14.2 Å². The van der Waals surface area contributed by atoms with Crippen LogP contribution in [0.5, 0.6) is 0 Å². The predicted molar refractivity (Wildman–Crippen MR) is 106 cm³/mol. The summed E-state index contributed by atoms with van der Waals surface area (Å²) in [5.41, 5.74) is -0.959. The first-order valence-electron chi connectivity index (χ1n) is 9.27. The highest BCUT2D eigenvalue weighted by molar-refractivity contribution is 6.95. The Morgan fingerprint density at radius 3 is 2.61 bits per heavy atom. The fraction of sp³-hybridized carbons (Fsp3) is 0.632. The van der Waals surface area contributed by atoms with Gasteiger partial charge in [-0.15, -0.1) is 0 Å². The van der Waals surface area contributed by atoms with E-state index in [1.165, 1.54) is 23.9 Å². The van der Waals surface area contributed by atoms with E-state index in [1.54, 1.807) is 13.0 Å². The molecule has 3 rings (SSSR count). The van der Waals surface area contributed by atoms with E-state index in [-0.39, 0.29) is 0 Å². The van der Waals surface area contributed by atoms with Crippen molar-refractivity contribution in [2.24, 2.45) is 0 Å². The molecule has 3 atom stereocenters. The molecule has 0 spiro atoms. The molecule has 2 saturated heterocycles. The third-order valence-electron chi connectivity index (χ3n) is 5.85. The molecule has 3 heterocycles. The number of aryl methyl sites for hydroxylation is 1. The maximum Gasteiger partial charge on any atom is 0.330 e. The number of aromatic amines is 1. The lowest BCUT2D eigenvalue weighted by Crippen LogP contribution is -2.40. The zero-order valence-electron chi connectivity index (χ0n) is 17.4. The van der Waals surface area contributed by atoms with Crippen LogP contribution in [0.2, 0.25) is 13.1 Å². The van der Waals surface area contributed by atoms with Gasteiger partial charge in [-0.05, 0) is 33.8 Å². The highest BCUT2D eigenvalue weighted by Crippen LogP contribution is 2.71. The highest BCUT2D eigenvalue weighted by atomic mass is 28.3. The summed E-state index contributed by atoms with van der Waals surface area (Å²) in [6.45, 7) is 11.9. The molecule has 0 unspecified atom stereocenters. The van der Waals surface area contributed by atoms with Crippen molar-refractivity contribution in [3.05, 3.63) is 44.8 Å². The topological polar surface area (TPSA) is 99.6 Å². The number of carbonyl (C=O) groups is 1. The minimum atomic E-state index is -2.14. The normalized spacial score (nSPS) is 31.0. The first kappa shape index (κ1) is 20.8. The molecule has 0 saturated carbocycles. The Labute approximate surface area is 164 Å². The SMILES string of the molecule is COC(=O)C=C[C@@]12O[C@@H](n3cc(C)c(=O)[nH]c3=O)C[C@@]1(OC(C)(C)C)[Si]2(C)C. The van der Waals surface area contributed by atoms with Gasteiger partial charge in [0.15, 0.2) is 0 Å². The van der Waals surface area contributed by atoms with Gasteiger partial charge in [0.05, 0.1) is 17.9 Å². The number of aromatic nitrogens is 2. The summed E-state index contributed by atoms with van der Waals surface area (Å²) < 4.78 is 19.1. The molecule has 0 bridgehead atoms. The maximum atomic E-state index is 12.4. The minimum absolute atomic E-state index is 0.417. The molecule has 2 aliphatic heterocycles. The average Bonchev–Trinajstić information content (AvgIpc) is 2.82. The van der Waals surface area contributed by atoms with Crippen molar-refractivity contribution < 1.29 is 19.0 Å². The van der Waals surface area contributed by atoms with Gasteiger partial charge in [0, 0.05) is 24.3 Å². The van der Waals surface area contributed by atoms with E-state index in [9.17, 15) is 14.4 Å². The molecule has 0 radical (unpaired) electrons. The molecule has 0 aromatic carbocycles. The molecular formula is C19H28N2O6Si. The third-order valence-corrected chi connectivity index (χ3v) is 10.8. The average molecular weight is 409 g/mol. The van der Waals surface area contributed by atoms with E-state index in [2.05, 4.69) is 18.1 Å². The summed E-state index contributed by atoms with van der Waals surface area (Å²) in [6.07, 6.45) is 4.47. The molecule has 1 aromatic rings. The molecule has 9 heteroatoms. The minimum Gasteiger partial charge on any atom is -0.466 e. The summed E-state index contributed by atoms with van der Waals surface area (Å²) in [4.78, 5) is 38.1. The number of ether oxygens (including phenoxy) is 3. The molecule has 0 aliphatic carbocycles. The van der Waals surface area contributed by atoms with Gasteiger partial charge in [0.25, 0.3) is 5.56 Å². The summed E-state index contributed by atoms with van der Waals surface area (Å²) >= 11 is 0. The Bertz CT molecular complexity index is 956. The molecule has 0 amide bonds. The zero-order chi connectivity index (χ0) is 21.1. The van der Waals surface area contributed by atoms with Crippen LogP contribution in [-0.2, 0) is 19.0 Å². The van der Waals surface area contributed by atoms with Crippen LogP contribution in [0.25, 0.3) is 0 Å². The van der Waals surface area contributed by atoms with Crippen LogP contribution < -0.4 is 11.2 Å². The number of H-pyrrole nitrogens is 1. The van der Waals surface area contributed by atoms with Crippen molar-refractivity contribution in [2.75, 3.05) is 7.11 Å². The van der Waals surface area contributed by atoms with Crippen LogP contribution in [0.1, 0.15) is 39.0 Å². The quantitative estimate of drug-likeness (QED) is 0.461. The van der Waals surface area contributed by atoms with E-state index < -0.39 is 47.6 Å². The van der Waals surface area contributed by atoms with Crippen LogP contribution >= 0.6 is 0 Å². The molecule has 2 fully saturated rings. The van der Waals surface area contributed by atoms with E-state index in [0.717, 1.165) is 0 Å². The molecule has 1 aromatic heterocycles. The number of carbonyl (C=O) groups excluding carboxylic acids is 1. The molecule has 154 valence electrons. The number of nitrogens with zero attached hydrogens (tertiary/aromatic N) is 1. The number of methoxy groups -OCH3 is 1. The lowest BCUT2D eigenvalue weighted by Gasteiger charge is -2.29. The number of hydrogen-bond acceptors (Lipinski definition) is 6. The predicted octanol–water partition coefficient (Wildman–Crippen LogP) is 1.59. The summed E-state index contributed by atoms with van der Waals surface area (Å²) in [5.74, 6) is -0.472. The number of esters is 1. The fourth-order valence-electron chi connectivity index (χ4n) is 4.43. The van der Waals surface area contributed by atoms with Crippen LogP contribution in [0, 0.1) is 6.92 Å². The summed E-state index contributed by atoms with van der Waals surface area (Å²) in [5, 5.41) is -1.37. The maximum absolute atomic E-state index is 12.4. The van der Waals surface area contributed by atoms with E-state index >= 15 is 0 Å². The zero-order valence-corrected chi connectivity index (χ0v) is 18.4. The van der Waals surface area contributed by atoms with Gasteiger partial charge in [-0.25, -0.2) is 9.59 Å². The molecule has 8 nitrogen and oxygen atoms in total. The first-order chi connectivity index (χ1) is 12.8. The van der Waals surface area contributed by atoms with Crippen molar-refractivity contribution in [3.8, 4) is 0 Å². The van der Waals surface area contributed by atoms with Gasteiger partial charge >= 0.3 is 11.7 Å². The van der Waals surface area contributed by atoms with Crippen molar-refractivity contribution in [1.82, 2.24) is 9.55 Å². The Morgan fingerprint density at radius 1 is 1.39 bits per heavy atom. The van der Waals surface area contributed by atoms with Gasteiger partial charge in [-0.1, -0.05) is 13.1 Å². The van der Waals surface area contributed by atoms with Crippen molar-refractivity contribution >= 4 is 14.0 Å². The molecular weight excluding hydrogens is 380 g/mol. The van der Waals surface area contributed by atoms with Crippen LogP contribution in [-0.4, -0.2) is 46.8 Å². The molecule has 1 N–H and O–H groups in total. The molecule has 2 aliphatic rings. The summed E-state index contributed by atoms with van der Waals surface area (Å²) in [6, 6.07) is 0. The Hall–Kier alpha value is -1.97. The van der Waals surface area contributed by atoms with Crippen molar-refractivity contribution in [1.29, 1.82) is 0 Å². The lowest BCUT2D eigenvalue weighted by molar-refractivity contribution is -0.135. The van der Waals surface area contributed by atoms with Gasteiger partial charge in [-0.3, -0.25) is 14.3 Å². The van der Waals surface area contributed by atoms with Crippen LogP contribution in [0.4, 0.5) is 0 Å². The second-order valence-corrected chi connectivity index (χ2v) is 13.8. The van der Waals surface area contributed by atoms with E-state index in [1.807, 2.05) is 20.8 Å². The highest BCUT2D eigenvalue weighted by Gasteiger charge is 2.90. The van der Waals surface area contributed by atoms with E-state index in [4.69, 9.17) is 14.2 Å². The Kier molecular flexibility index (Phi) is 4.64. The molecule has 28 heavy (non-hydrogen) atoms. The van der Waals surface area contributed by atoms with Crippen molar-refractivity contribution in [3.63, 3.8) is 0 Å². The number of hydrogen-bond donors (Lipinski definition) is 1. The smallest absolute Gasteiger partial charge is 0.330 e. The standard InChI is InChI=1S/C19H28N2O6Si/c1-12-11-21(16(24)20-15(12)23)13-10-19(27-17(2,3)4)18(26-13,28(19,6)7)9-8-14(22)25-5/h8-9,11,13H,10H2,1-7H3,(H,20,23,24)/t13-,18+,19-/m1/s1. The van der Waals surface area contributed by atoms with Gasteiger partial charge in [-0.2, -0.15) is 0 Å². The van der Waals surface area contributed by atoms with Crippen LogP contribution in [0.15, 0.2) is 27.9 Å². The van der Waals surface area contributed by atoms with Crippen molar-refractivity contribution in [2.45, 2.75) is 69.5 Å².